The molecule has 0 aliphatic heterocycles. The van der Waals surface area contributed by atoms with Crippen LogP contribution in [0.25, 0.3) is 0 Å². The first kappa shape index (κ1) is 20.1. The largest absolute Gasteiger partial charge is 0.493 e. The summed E-state index contributed by atoms with van der Waals surface area (Å²) in [4.78, 5) is 14.4. The molecule has 0 radical (unpaired) electrons. The highest BCUT2D eigenvalue weighted by molar-refractivity contribution is 6.30. The Hall–Kier alpha value is -2.20. The summed E-state index contributed by atoms with van der Waals surface area (Å²) in [5, 5.41) is 0.720. The molecule has 0 aliphatic carbocycles. The number of para-hydroxylation sites is 1. The Morgan fingerprint density at radius 3 is 2.42 bits per heavy atom. The summed E-state index contributed by atoms with van der Waals surface area (Å²) in [6.07, 6.45) is 1.82. The zero-order valence-corrected chi connectivity index (χ0v) is 16.5. The molecule has 2 rings (SSSR count). The molecule has 0 spiro atoms. The van der Waals surface area contributed by atoms with Gasteiger partial charge in [-0.05, 0) is 49.1 Å². The Bertz CT molecular complexity index is 731. The van der Waals surface area contributed by atoms with Crippen LogP contribution in [0.3, 0.4) is 0 Å². The van der Waals surface area contributed by atoms with E-state index in [1.54, 1.807) is 19.1 Å². The van der Waals surface area contributed by atoms with E-state index in [1.165, 1.54) is 0 Å². The second-order valence-corrected chi connectivity index (χ2v) is 6.77. The van der Waals surface area contributed by atoms with Crippen LogP contribution in [0.2, 0.25) is 5.02 Å². The number of likely N-dealkylation sites (N-methyl/N-ethyl adjacent to an activating group) is 1. The van der Waals surface area contributed by atoms with E-state index in [9.17, 15) is 4.79 Å². The minimum absolute atomic E-state index is 0.107. The minimum Gasteiger partial charge on any atom is -0.493 e. The van der Waals surface area contributed by atoms with Crippen molar-refractivity contribution < 1.29 is 14.3 Å². The van der Waals surface area contributed by atoms with Crippen LogP contribution in [0, 0.1) is 0 Å². The lowest BCUT2D eigenvalue weighted by molar-refractivity contribution is -0.131. The van der Waals surface area contributed by atoms with E-state index in [1.807, 2.05) is 49.5 Å². The SMILES string of the molecule is COc1cccc(CCC(=O)N(C)C(C)Cc2ccc(Cl)cc2)c1OC. The quantitative estimate of drug-likeness (QED) is 0.687. The normalized spacial score (nSPS) is 11.7. The first-order valence-electron chi connectivity index (χ1n) is 8.66. The Labute approximate surface area is 160 Å². The lowest BCUT2D eigenvalue weighted by atomic mass is 10.0. The highest BCUT2D eigenvalue weighted by atomic mass is 35.5. The summed E-state index contributed by atoms with van der Waals surface area (Å²) in [6.45, 7) is 2.05. The molecule has 26 heavy (non-hydrogen) atoms. The fraction of sp³-hybridized carbons (Fsp3) is 0.381. The van der Waals surface area contributed by atoms with E-state index >= 15 is 0 Å². The summed E-state index contributed by atoms with van der Waals surface area (Å²) >= 11 is 5.92. The molecule has 0 heterocycles. The zero-order chi connectivity index (χ0) is 19.1. The van der Waals surface area contributed by atoms with Crippen molar-refractivity contribution in [2.75, 3.05) is 21.3 Å². The van der Waals surface area contributed by atoms with Crippen LogP contribution in [0.5, 0.6) is 11.5 Å². The number of carbonyl (C=O) groups is 1. The van der Waals surface area contributed by atoms with Gasteiger partial charge in [0.15, 0.2) is 11.5 Å². The van der Waals surface area contributed by atoms with Crippen LogP contribution < -0.4 is 9.47 Å². The van der Waals surface area contributed by atoms with E-state index in [4.69, 9.17) is 21.1 Å². The van der Waals surface area contributed by atoms with Crippen LogP contribution >= 0.6 is 11.6 Å². The second-order valence-electron chi connectivity index (χ2n) is 6.34. The molecule has 0 aliphatic rings. The van der Waals surface area contributed by atoms with Gasteiger partial charge in [-0.15, -0.1) is 0 Å². The van der Waals surface area contributed by atoms with Crippen LogP contribution in [-0.4, -0.2) is 38.1 Å². The molecule has 1 atom stereocenters. The molecular weight excluding hydrogens is 350 g/mol. The average molecular weight is 376 g/mol. The highest BCUT2D eigenvalue weighted by Gasteiger charge is 2.17. The zero-order valence-electron chi connectivity index (χ0n) is 15.8. The van der Waals surface area contributed by atoms with Gasteiger partial charge in [0.25, 0.3) is 0 Å². The third kappa shape index (κ3) is 5.15. The fourth-order valence-electron chi connectivity index (χ4n) is 2.91. The first-order valence-corrected chi connectivity index (χ1v) is 9.04. The molecule has 5 heteroatoms. The molecule has 0 N–H and O–H groups in total. The van der Waals surface area contributed by atoms with Crippen molar-refractivity contribution >= 4 is 17.5 Å². The number of rotatable bonds is 8. The van der Waals surface area contributed by atoms with Crippen molar-refractivity contribution in [2.45, 2.75) is 32.2 Å². The van der Waals surface area contributed by atoms with E-state index in [0.29, 0.717) is 24.3 Å². The van der Waals surface area contributed by atoms with E-state index < -0.39 is 0 Å². The predicted molar refractivity (Wildman–Crippen MR) is 105 cm³/mol. The predicted octanol–water partition coefficient (Wildman–Crippen LogP) is 4.38. The number of methoxy groups -OCH3 is 2. The van der Waals surface area contributed by atoms with Gasteiger partial charge >= 0.3 is 0 Å². The third-order valence-corrected chi connectivity index (χ3v) is 4.84. The smallest absolute Gasteiger partial charge is 0.222 e. The van der Waals surface area contributed by atoms with Gasteiger partial charge in [-0.25, -0.2) is 0 Å². The maximum absolute atomic E-state index is 12.6. The lowest BCUT2D eigenvalue weighted by Gasteiger charge is -2.25. The van der Waals surface area contributed by atoms with E-state index in [-0.39, 0.29) is 11.9 Å². The minimum atomic E-state index is 0.107. The van der Waals surface area contributed by atoms with Crippen LogP contribution in [0.1, 0.15) is 24.5 Å². The van der Waals surface area contributed by atoms with Crippen molar-refractivity contribution in [1.29, 1.82) is 0 Å². The number of nitrogens with zero attached hydrogens (tertiary/aromatic N) is 1. The van der Waals surface area contributed by atoms with Gasteiger partial charge in [-0.3, -0.25) is 4.79 Å². The maximum atomic E-state index is 12.6. The Morgan fingerprint density at radius 1 is 1.12 bits per heavy atom. The van der Waals surface area contributed by atoms with Gasteiger partial charge < -0.3 is 14.4 Å². The number of hydrogen-bond donors (Lipinski definition) is 0. The summed E-state index contributed by atoms with van der Waals surface area (Å²) in [5.74, 6) is 1.48. The summed E-state index contributed by atoms with van der Waals surface area (Å²) < 4.78 is 10.7. The molecule has 4 nitrogen and oxygen atoms in total. The van der Waals surface area contributed by atoms with Crippen LogP contribution in [0.4, 0.5) is 0 Å². The van der Waals surface area contributed by atoms with Gasteiger partial charge in [-0.2, -0.15) is 0 Å². The van der Waals surface area contributed by atoms with Crippen molar-refractivity contribution in [3.05, 3.63) is 58.6 Å². The summed E-state index contributed by atoms with van der Waals surface area (Å²) in [7, 11) is 5.08. The number of hydrogen-bond acceptors (Lipinski definition) is 3. The molecule has 0 saturated carbocycles. The number of ether oxygens (including phenoxy) is 2. The van der Waals surface area contributed by atoms with Gasteiger partial charge in [0.2, 0.25) is 5.91 Å². The second kappa shape index (κ2) is 9.48. The molecular formula is C21H26ClNO3. The Morgan fingerprint density at radius 2 is 1.81 bits per heavy atom. The van der Waals surface area contributed by atoms with Gasteiger partial charge in [0, 0.05) is 24.5 Å². The molecule has 1 amide bonds. The molecule has 2 aromatic rings. The Kier molecular flexibility index (Phi) is 7.34. The highest BCUT2D eigenvalue weighted by Crippen LogP contribution is 2.31. The van der Waals surface area contributed by atoms with Crippen molar-refractivity contribution in [1.82, 2.24) is 4.90 Å². The van der Waals surface area contributed by atoms with E-state index in [2.05, 4.69) is 6.92 Å². The van der Waals surface area contributed by atoms with Crippen LogP contribution in [0.15, 0.2) is 42.5 Å². The molecule has 2 aromatic carbocycles. The summed E-state index contributed by atoms with van der Waals surface area (Å²) in [6, 6.07) is 13.6. The van der Waals surface area contributed by atoms with Gasteiger partial charge in [-0.1, -0.05) is 35.9 Å². The number of aryl methyl sites for hydroxylation is 1. The Balaban J connectivity index is 1.95. The number of halogens is 1. The number of amides is 1. The fourth-order valence-corrected chi connectivity index (χ4v) is 3.04. The number of benzene rings is 2. The molecule has 0 bridgehead atoms. The van der Waals surface area contributed by atoms with Gasteiger partial charge in [0.1, 0.15) is 0 Å². The molecule has 0 saturated heterocycles. The average Bonchev–Trinajstić information content (AvgIpc) is 2.66. The monoisotopic (exact) mass is 375 g/mol. The van der Waals surface area contributed by atoms with Crippen LogP contribution in [-0.2, 0) is 17.6 Å². The molecule has 140 valence electrons. The summed E-state index contributed by atoms with van der Waals surface area (Å²) in [5.41, 5.74) is 2.13. The lowest BCUT2D eigenvalue weighted by Crippen LogP contribution is -2.36. The van der Waals surface area contributed by atoms with Crippen molar-refractivity contribution in [2.24, 2.45) is 0 Å². The third-order valence-electron chi connectivity index (χ3n) is 4.59. The maximum Gasteiger partial charge on any atom is 0.222 e. The van der Waals surface area contributed by atoms with Crippen molar-refractivity contribution in [3.63, 3.8) is 0 Å². The molecule has 0 fully saturated rings. The molecule has 1 unspecified atom stereocenters. The first-order chi connectivity index (χ1) is 12.5. The number of carbonyl (C=O) groups excluding carboxylic acids is 1. The van der Waals surface area contributed by atoms with E-state index in [0.717, 1.165) is 22.6 Å². The topological polar surface area (TPSA) is 38.8 Å². The van der Waals surface area contributed by atoms with Crippen molar-refractivity contribution in [3.8, 4) is 11.5 Å². The van der Waals surface area contributed by atoms with Gasteiger partial charge in [0.05, 0.1) is 14.2 Å². The standard InChI is InChI=1S/C21H26ClNO3/c1-15(14-16-8-11-18(22)12-9-16)23(2)20(24)13-10-17-6-5-7-19(25-3)21(17)26-4/h5-9,11-12,15H,10,13-14H2,1-4H3. The molecule has 0 aromatic heterocycles.